The van der Waals surface area contributed by atoms with Crippen LogP contribution in [0.25, 0.3) is 0 Å². The summed E-state index contributed by atoms with van der Waals surface area (Å²) in [6.45, 7) is 3.12. The third-order valence-corrected chi connectivity index (χ3v) is 3.87. The fourth-order valence-corrected chi connectivity index (χ4v) is 2.47. The summed E-state index contributed by atoms with van der Waals surface area (Å²) in [5, 5.41) is 15.4. The number of aromatic nitrogens is 6. The summed E-state index contributed by atoms with van der Waals surface area (Å²) in [6, 6.07) is 7.79. The van der Waals surface area contributed by atoms with Crippen LogP contribution in [0.3, 0.4) is 0 Å². The van der Waals surface area contributed by atoms with Crippen molar-refractivity contribution in [2.24, 2.45) is 0 Å². The predicted molar refractivity (Wildman–Crippen MR) is 95.9 cm³/mol. The average molecular weight is 356 g/mol. The number of unbranched alkanes of at least 4 members (excludes halogenated alkanes) is 2. The second-order valence-electron chi connectivity index (χ2n) is 5.91. The van der Waals surface area contributed by atoms with Gasteiger partial charge in [0.1, 0.15) is 11.5 Å². The molecule has 2 aromatic heterocycles. The molecule has 8 heteroatoms. The molecule has 138 valence electrons. The highest BCUT2D eigenvalue weighted by Crippen LogP contribution is 2.18. The zero-order valence-electron chi connectivity index (χ0n) is 14.8. The third kappa shape index (κ3) is 6.19. The van der Waals surface area contributed by atoms with E-state index in [0.29, 0.717) is 13.2 Å². The maximum Gasteiger partial charge on any atom is 0.119 e. The highest BCUT2D eigenvalue weighted by Gasteiger charge is 1.99. The first kappa shape index (κ1) is 17.9. The molecule has 0 atom stereocenters. The van der Waals surface area contributed by atoms with Gasteiger partial charge in [0.25, 0.3) is 0 Å². The van der Waals surface area contributed by atoms with Gasteiger partial charge in [-0.25, -0.2) is 0 Å². The molecule has 26 heavy (non-hydrogen) atoms. The Morgan fingerprint density at radius 1 is 0.654 bits per heavy atom. The predicted octanol–water partition coefficient (Wildman–Crippen LogP) is 2.59. The number of ether oxygens (including phenoxy) is 2. The van der Waals surface area contributed by atoms with Crippen molar-refractivity contribution in [3.63, 3.8) is 0 Å². The molecule has 3 aromatic rings. The number of hydrogen-bond acceptors (Lipinski definition) is 6. The van der Waals surface area contributed by atoms with Crippen LogP contribution in [0, 0.1) is 0 Å². The van der Waals surface area contributed by atoms with Crippen molar-refractivity contribution in [1.82, 2.24) is 30.0 Å². The van der Waals surface area contributed by atoms with Crippen molar-refractivity contribution < 1.29 is 9.47 Å². The SMILES string of the molecule is c1cn(CCCCOc2ccc(OCCCCn3ccnn3)cc2)nn1. The molecule has 0 unspecified atom stereocenters. The highest BCUT2D eigenvalue weighted by atomic mass is 16.5. The zero-order valence-corrected chi connectivity index (χ0v) is 14.8. The summed E-state index contributed by atoms with van der Waals surface area (Å²) in [7, 11) is 0. The Morgan fingerprint density at radius 2 is 1.12 bits per heavy atom. The first-order chi connectivity index (χ1) is 12.9. The molecule has 3 rings (SSSR count). The van der Waals surface area contributed by atoms with E-state index in [-0.39, 0.29) is 0 Å². The molecular weight excluding hydrogens is 332 g/mol. The van der Waals surface area contributed by atoms with Crippen LogP contribution in [0.4, 0.5) is 0 Å². The van der Waals surface area contributed by atoms with E-state index in [9.17, 15) is 0 Å². The van der Waals surface area contributed by atoms with Gasteiger partial charge in [0.05, 0.1) is 25.6 Å². The van der Waals surface area contributed by atoms with E-state index < -0.39 is 0 Å². The molecular formula is C18H24N6O2. The van der Waals surface area contributed by atoms with Crippen molar-refractivity contribution in [2.75, 3.05) is 13.2 Å². The standard InChI is InChI=1S/C18H24N6O2/c1(11-23-13-9-19-21-23)3-15-25-17-5-7-18(8-6-17)26-16-4-2-12-24-14-10-20-22-24/h5-10,13-14H,1-4,11-12,15-16H2. The van der Waals surface area contributed by atoms with E-state index in [4.69, 9.17) is 9.47 Å². The first-order valence-corrected chi connectivity index (χ1v) is 8.94. The minimum Gasteiger partial charge on any atom is -0.494 e. The molecule has 0 aliphatic heterocycles. The Morgan fingerprint density at radius 3 is 1.50 bits per heavy atom. The van der Waals surface area contributed by atoms with Crippen LogP contribution in [0.15, 0.2) is 49.1 Å². The first-order valence-electron chi connectivity index (χ1n) is 8.94. The molecule has 0 bridgehead atoms. The molecule has 8 nitrogen and oxygen atoms in total. The second kappa shape index (κ2) is 10.2. The van der Waals surface area contributed by atoms with Gasteiger partial charge in [-0.15, -0.1) is 10.2 Å². The van der Waals surface area contributed by atoms with Crippen LogP contribution >= 0.6 is 0 Å². The smallest absolute Gasteiger partial charge is 0.119 e. The normalized spacial score (nSPS) is 10.8. The van der Waals surface area contributed by atoms with Crippen LogP contribution in [0.2, 0.25) is 0 Å². The van der Waals surface area contributed by atoms with E-state index in [1.807, 2.05) is 46.0 Å². The second-order valence-corrected chi connectivity index (χ2v) is 5.91. The van der Waals surface area contributed by atoms with E-state index in [1.165, 1.54) is 0 Å². The van der Waals surface area contributed by atoms with Gasteiger partial charge in [0.15, 0.2) is 0 Å². The number of benzene rings is 1. The fraction of sp³-hybridized carbons (Fsp3) is 0.444. The molecule has 0 saturated heterocycles. The Hall–Kier alpha value is -2.90. The molecule has 0 amide bonds. The molecule has 0 saturated carbocycles. The molecule has 0 aliphatic carbocycles. The van der Waals surface area contributed by atoms with Crippen molar-refractivity contribution in [3.05, 3.63) is 49.1 Å². The lowest BCUT2D eigenvalue weighted by Gasteiger charge is -2.09. The lowest BCUT2D eigenvalue weighted by molar-refractivity contribution is 0.293. The molecule has 1 aromatic carbocycles. The number of rotatable bonds is 12. The number of hydrogen-bond donors (Lipinski definition) is 0. The Balaban J connectivity index is 1.24. The van der Waals surface area contributed by atoms with Crippen LogP contribution < -0.4 is 9.47 Å². The van der Waals surface area contributed by atoms with Gasteiger partial charge in [-0.05, 0) is 49.9 Å². The molecule has 0 N–H and O–H groups in total. The van der Waals surface area contributed by atoms with Crippen LogP contribution in [-0.2, 0) is 13.1 Å². The fourth-order valence-electron chi connectivity index (χ4n) is 2.47. The molecule has 0 fully saturated rings. The average Bonchev–Trinajstić information content (AvgIpc) is 3.36. The summed E-state index contributed by atoms with van der Waals surface area (Å²) >= 11 is 0. The van der Waals surface area contributed by atoms with E-state index in [1.54, 1.807) is 12.4 Å². The minimum absolute atomic E-state index is 0.692. The van der Waals surface area contributed by atoms with Gasteiger partial charge in [-0.3, -0.25) is 9.36 Å². The molecule has 0 spiro atoms. The monoisotopic (exact) mass is 356 g/mol. The van der Waals surface area contributed by atoms with Crippen LogP contribution in [0.5, 0.6) is 11.5 Å². The molecule has 0 radical (unpaired) electrons. The van der Waals surface area contributed by atoms with Crippen LogP contribution in [0.1, 0.15) is 25.7 Å². The van der Waals surface area contributed by atoms with Crippen molar-refractivity contribution in [3.8, 4) is 11.5 Å². The van der Waals surface area contributed by atoms with E-state index >= 15 is 0 Å². The van der Waals surface area contributed by atoms with Gasteiger partial charge >= 0.3 is 0 Å². The number of aryl methyl sites for hydroxylation is 2. The maximum absolute atomic E-state index is 5.75. The van der Waals surface area contributed by atoms with Gasteiger partial charge in [0.2, 0.25) is 0 Å². The van der Waals surface area contributed by atoms with Gasteiger partial charge in [-0.2, -0.15) is 0 Å². The largest absolute Gasteiger partial charge is 0.494 e. The zero-order chi connectivity index (χ0) is 17.9. The third-order valence-electron chi connectivity index (χ3n) is 3.87. The summed E-state index contributed by atoms with van der Waals surface area (Å²) in [5.74, 6) is 1.73. The highest BCUT2D eigenvalue weighted by molar-refractivity contribution is 5.31. The Bertz CT molecular complexity index is 649. The summed E-state index contributed by atoms with van der Waals surface area (Å²) in [4.78, 5) is 0. The van der Waals surface area contributed by atoms with Gasteiger partial charge < -0.3 is 9.47 Å². The Kier molecular flexibility index (Phi) is 7.01. The lowest BCUT2D eigenvalue weighted by Crippen LogP contribution is -2.03. The van der Waals surface area contributed by atoms with E-state index in [0.717, 1.165) is 50.3 Å². The van der Waals surface area contributed by atoms with Crippen molar-refractivity contribution in [2.45, 2.75) is 38.8 Å². The topological polar surface area (TPSA) is 79.9 Å². The summed E-state index contributed by atoms with van der Waals surface area (Å²) < 4.78 is 15.2. The molecule has 0 aliphatic rings. The summed E-state index contributed by atoms with van der Waals surface area (Å²) in [6.07, 6.45) is 11.1. The summed E-state index contributed by atoms with van der Waals surface area (Å²) in [5.41, 5.74) is 0. The van der Waals surface area contributed by atoms with Crippen LogP contribution in [-0.4, -0.2) is 43.2 Å². The van der Waals surface area contributed by atoms with Crippen molar-refractivity contribution >= 4 is 0 Å². The van der Waals surface area contributed by atoms with Crippen molar-refractivity contribution in [1.29, 1.82) is 0 Å². The van der Waals surface area contributed by atoms with Gasteiger partial charge in [-0.1, -0.05) is 10.4 Å². The Labute approximate surface area is 152 Å². The lowest BCUT2D eigenvalue weighted by atomic mass is 10.3. The number of nitrogens with zero attached hydrogens (tertiary/aromatic N) is 6. The maximum atomic E-state index is 5.75. The van der Waals surface area contributed by atoms with E-state index in [2.05, 4.69) is 20.6 Å². The van der Waals surface area contributed by atoms with Gasteiger partial charge in [0, 0.05) is 25.5 Å². The molecule has 2 heterocycles. The quantitative estimate of drug-likeness (QED) is 0.464. The minimum atomic E-state index is 0.692.